The average Bonchev–Trinajstić information content (AvgIpc) is 2.44. The average molecular weight is 175 g/mol. The summed E-state index contributed by atoms with van der Waals surface area (Å²) in [6.07, 6.45) is 0.640. The third kappa shape index (κ3) is 1.16. The molecule has 0 aliphatic heterocycles. The summed E-state index contributed by atoms with van der Waals surface area (Å²) >= 11 is 0. The smallest absolute Gasteiger partial charge is 0.226 e. The zero-order valence-corrected chi connectivity index (χ0v) is 7.19. The van der Waals surface area contributed by atoms with Gasteiger partial charge in [0.05, 0.1) is 11.0 Å². The molecule has 1 aromatic carbocycles. The van der Waals surface area contributed by atoms with Crippen molar-refractivity contribution in [2.75, 3.05) is 5.43 Å². The molecule has 0 saturated carbocycles. The Bertz CT molecular complexity index is 447. The predicted octanol–water partition coefficient (Wildman–Crippen LogP) is 1.04. The number of fused-ring (bicyclic) bond motifs is 1. The molecular formula is C9H9N3O. The van der Waals surface area contributed by atoms with Gasteiger partial charge in [-0.15, -0.1) is 0 Å². The summed E-state index contributed by atoms with van der Waals surface area (Å²) in [5, 5.41) is 0. The van der Waals surface area contributed by atoms with Crippen LogP contribution in [0.25, 0.3) is 11.0 Å². The lowest BCUT2D eigenvalue weighted by molar-refractivity contribution is -0.106. The molecule has 0 fully saturated rings. The van der Waals surface area contributed by atoms with Gasteiger partial charge in [0.1, 0.15) is 5.82 Å². The van der Waals surface area contributed by atoms with Gasteiger partial charge in [-0.2, -0.15) is 0 Å². The van der Waals surface area contributed by atoms with Crippen LogP contribution in [0.4, 0.5) is 0 Å². The monoisotopic (exact) mass is 175 g/mol. The third-order valence-electron chi connectivity index (χ3n) is 1.91. The fraction of sp³-hybridized carbons (Fsp3) is 0.111. The van der Waals surface area contributed by atoms with Crippen molar-refractivity contribution in [3.05, 3.63) is 30.1 Å². The maximum absolute atomic E-state index is 10.3. The number of nitrogens with one attached hydrogen (secondary N) is 1. The van der Waals surface area contributed by atoms with Gasteiger partial charge in [-0.3, -0.25) is 10.2 Å². The van der Waals surface area contributed by atoms with E-state index in [1.807, 2.05) is 31.2 Å². The molecule has 66 valence electrons. The van der Waals surface area contributed by atoms with Crippen LogP contribution in [0.2, 0.25) is 0 Å². The Labute approximate surface area is 75.2 Å². The minimum Gasteiger partial charge on any atom is -0.277 e. The van der Waals surface area contributed by atoms with Crippen molar-refractivity contribution < 1.29 is 4.79 Å². The Morgan fingerprint density at radius 1 is 1.46 bits per heavy atom. The zero-order chi connectivity index (χ0) is 9.26. The number of carbonyl (C=O) groups is 1. The third-order valence-corrected chi connectivity index (χ3v) is 1.91. The van der Waals surface area contributed by atoms with Gasteiger partial charge in [0.2, 0.25) is 6.41 Å². The number of imidazole rings is 1. The van der Waals surface area contributed by atoms with E-state index in [-0.39, 0.29) is 0 Å². The van der Waals surface area contributed by atoms with Gasteiger partial charge in [-0.05, 0) is 19.1 Å². The molecule has 0 saturated heterocycles. The summed E-state index contributed by atoms with van der Waals surface area (Å²) in [5.74, 6) is 0.772. The normalized spacial score (nSPS) is 10.2. The number of hydrogen-bond acceptors (Lipinski definition) is 2. The summed E-state index contributed by atoms with van der Waals surface area (Å²) in [4.78, 5) is 14.6. The zero-order valence-electron chi connectivity index (χ0n) is 7.19. The quantitative estimate of drug-likeness (QED) is 0.693. The van der Waals surface area contributed by atoms with Crippen LogP contribution in [-0.2, 0) is 4.79 Å². The largest absolute Gasteiger partial charge is 0.277 e. The van der Waals surface area contributed by atoms with E-state index < -0.39 is 0 Å². The number of amides is 1. The lowest BCUT2D eigenvalue weighted by atomic mass is 10.3. The Balaban J connectivity index is 2.70. The van der Waals surface area contributed by atoms with Gasteiger partial charge in [-0.25, -0.2) is 9.66 Å². The summed E-state index contributed by atoms with van der Waals surface area (Å²) < 4.78 is 1.66. The standard InChI is InChI=1S/C9H9N3O/c1-7-11-8-4-2-3-5-9(8)12(7)10-6-13/h2-6H,1H3,(H,10,13). The van der Waals surface area contributed by atoms with E-state index in [9.17, 15) is 4.79 Å². The van der Waals surface area contributed by atoms with E-state index in [2.05, 4.69) is 10.4 Å². The molecule has 0 bridgehead atoms. The van der Waals surface area contributed by atoms with Crippen LogP contribution >= 0.6 is 0 Å². The number of carbonyl (C=O) groups excluding carboxylic acids is 1. The summed E-state index contributed by atoms with van der Waals surface area (Å²) in [6, 6.07) is 7.64. The Morgan fingerprint density at radius 3 is 3.00 bits per heavy atom. The second-order valence-electron chi connectivity index (χ2n) is 2.73. The van der Waals surface area contributed by atoms with Crippen LogP contribution in [-0.4, -0.2) is 16.1 Å². The van der Waals surface area contributed by atoms with Gasteiger partial charge >= 0.3 is 0 Å². The van der Waals surface area contributed by atoms with Crippen LogP contribution in [0.1, 0.15) is 5.82 Å². The second-order valence-corrected chi connectivity index (χ2v) is 2.73. The van der Waals surface area contributed by atoms with Crippen molar-refractivity contribution in [1.29, 1.82) is 0 Å². The highest BCUT2D eigenvalue weighted by Crippen LogP contribution is 2.12. The Morgan fingerprint density at radius 2 is 2.23 bits per heavy atom. The van der Waals surface area contributed by atoms with Crippen LogP contribution in [0, 0.1) is 6.92 Å². The second kappa shape index (κ2) is 2.90. The van der Waals surface area contributed by atoms with E-state index >= 15 is 0 Å². The number of rotatable bonds is 2. The Kier molecular flexibility index (Phi) is 1.73. The maximum atomic E-state index is 10.3. The number of para-hydroxylation sites is 2. The lowest BCUT2D eigenvalue weighted by Crippen LogP contribution is -2.13. The topological polar surface area (TPSA) is 46.9 Å². The van der Waals surface area contributed by atoms with Gasteiger partial charge in [0.15, 0.2) is 0 Å². The molecule has 2 aromatic rings. The number of hydrogen-bond donors (Lipinski definition) is 1. The summed E-state index contributed by atoms with van der Waals surface area (Å²) in [7, 11) is 0. The molecule has 1 N–H and O–H groups in total. The Hall–Kier alpha value is -1.84. The van der Waals surface area contributed by atoms with Gasteiger partial charge in [0, 0.05) is 0 Å². The number of nitrogens with zero attached hydrogens (tertiary/aromatic N) is 2. The minimum atomic E-state index is 0.640. The van der Waals surface area contributed by atoms with Crippen molar-refractivity contribution in [3.63, 3.8) is 0 Å². The van der Waals surface area contributed by atoms with Crippen molar-refractivity contribution in [3.8, 4) is 0 Å². The first-order valence-corrected chi connectivity index (χ1v) is 3.97. The summed E-state index contributed by atoms with van der Waals surface area (Å²) in [6.45, 7) is 1.84. The molecule has 0 radical (unpaired) electrons. The first-order chi connectivity index (χ1) is 6.33. The number of benzene rings is 1. The molecule has 1 heterocycles. The molecular weight excluding hydrogens is 166 g/mol. The minimum absolute atomic E-state index is 0.640. The maximum Gasteiger partial charge on any atom is 0.226 e. The van der Waals surface area contributed by atoms with E-state index in [1.54, 1.807) is 4.68 Å². The molecule has 0 atom stereocenters. The molecule has 4 nitrogen and oxygen atoms in total. The van der Waals surface area contributed by atoms with Crippen molar-refractivity contribution in [1.82, 2.24) is 9.66 Å². The van der Waals surface area contributed by atoms with Crippen molar-refractivity contribution in [2.24, 2.45) is 0 Å². The predicted molar refractivity (Wildman–Crippen MR) is 49.9 cm³/mol. The fourth-order valence-electron chi connectivity index (χ4n) is 1.36. The fourth-order valence-corrected chi connectivity index (χ4v) is 1.36. The molecule has 0 spiro atoms. The molecule has 0 aliphatic rings. The van der Waals surface area contributed by atoms with E-state index in [1.165, 1.54) is 0 Å². The van der Waals surface area contributed by atoms with Gasteiger partial charge in [0.25, 0.3) is 0 Å². The molecule has 1 aromatic heterocycles. The molecule has 13 heavy (non-hydrogen) atoms. The number of aromatic nitrogens is 2. The highest BCUT2D eigenvalue weighted by atomic mass is 16.1. The van der Waals surface area contributed by atoms with Crippen LogP contribution in [0.15, 0.2) is 24.3 Å². The SMILES string of the molecule is Cc1nc2ccccc2n1NC=O. The highest BCUT2D eigenvalue weighted by molar-refractivity contribution is 5.77. The summed E-state index contributed by atoms with van der Waals surface area (Å²) in [5.41, 5.74) is 4.37. The first-order valence-electron chi connectivity index (χ1n) is 3.97. The highest BCUT2D eigenvalue weighted by Gasteiger charge is 2.04. The van der Waals surface area contributed by atoms with E-state index in [4.69, 9.17) is 0 Å². The molecule has 2 rings (SSSR count). The first kappa shape index (κ1) is 7.79. The van der Waals surface area contributed by atoms with E-state index in [0.717, 1.165) is 16.9 Å². The molecule has 4 heteroatoms. The number of aryl methyl sites for hydroxylation is 1. The lowest BCUT2D eigenvalue weighted by Gasteiger charge is -2.01. The van der Waals surface area contributed by atoms with Crippen LogP contribution in [0.5, 0.6) is 0 Å². The van der Waals surface area contributed by atoms with Gasteiger partial charge in [-0.1, -0.05) is 12.1 Å². The van der Waals surface area contributed by atoms with Crippen molar-refractivity contribution >= 4 is 17.4 Å². The molecule has 0 aliphatic carbocycles. The van der Waals surface area contributed by atoms with E-state index in [0.29, 0.717) is 6.41 Å². The molecule has 0 unspecified atom stereocenters. The van der Waals surface area contributed by atoms with Crippen LogP contribution < -0.4 is 5.43 Å². The van der Waals surface area contributed by atoms with Gasteiger partial charge < -0.3 is 0 Å². The van der Waals surface area contributed by atoms with Crippen LogP contribution in [0.3, 0.4) is 0 Å². The van der Waals surface area contributed by atoms with Crippen molar-refractivity contribution in [2.45, 2.75) is 6.92 Å². The molecule has 1 amide bonds.